The zero-order chi connectivity index (χ0) is 14.3. The minimum atomic E-state index is -4.06. The van der Waals surface area contributed by atoms with E-state index >= 15 is 0 Å². The SMILES string of the molecule is O=C1CC2CCC1C(CS(=O)(=O)O)C2c1ccccc1. The van der Waals surface area contributed by atoms with Gasteiger partial charge in [0.1, 0.15) is 5.78 Å². The first-order valence-corrected chi connectivity index (χ1v) is 8.59. The first kappa shape index (κ1) is 13.8. The molecule has 1 aromatic rings. The number of ketones is 1. The van der Waals surface area contributed by atoms with E-state index in [1.807, 2.05) is 30.3 Å². The highest BCUT2D eigenvalue weighted by atomic mass is 32.2. The number of fused-ring (bicyclic) bond motifs is 3. The number of carbonyl (C=O) groups is 1. The van der Waals surface area contributed by atoms with Crippen LogP contribution in [0, 0.1) is 17.8 Å². The fourth-order valence-corrected chi connectivity index (χ4v) is 5.01. The van der Waals surface area contributed by atoms with Gasteiger partial charge in [0.05, 0.1) is 5.75 Å². The fourth-order valence-electron chi connectivity index (χ4n) is 4.08. The van der Waals surface area contributed by atoms with E-state index in [9.17, 15) is 17.8 Å². The number of carbonyl (C=O) groups excluding carboxylic acids is 1. The Kier molecular flexibility index (Phi) is 3.42. The van der Waals surface area contributed by atoms with Gasteiger partial charge in [-0.05, 0) is 36.2 Å². The summed E-state index contributed by atoms with van der Waals surface area (Å²) in [5.41, 5.74) is 1.09. The Morgan fingerprint density at radius 1 is 1.15 bits per heavy atom. The van der Waals surface area contributed by atoms with Crippen molar-refractivity contribution in [3.05, 3.63) is 35.9 Å². The molecular formula is C15H18O4S. The van der Waals surface area contributed by atoms with Gasteiger partial charge in [0.2, 0.25) is 0 Å². The zero-order valence-electron chi connectivity index (χ0n) is 11.1. The number of hydrogen-bond donors (Lipinski definition) is 1. The van der Waals surface area contributed by atoms with Crippen molar-refractivity contribution in [1.29, 1.82) is 0 Å². The lowest BCUT2D eigenvalue weighted by Gasteiger charge is -2.47. The molecule has 4 rings (SSSR count). The maximum Gasteiger partial charge on any atom is 0.265 e. The Balaban J connectivity index is 1.99. The Hall–Kier alpha value is -1.20. The second kappa shape index (κ2) is 4.97. The third-order valence-corrected chi connectivity index (χ3v) is 5.61. The van der Waals surface area contributed by atoms with Crippen LogP contribution in [0.1, 0.15) is 30.7 Å². The molecule has 5 heteroatoms. The topological polar surface area (TPSA) is 71.4 Å². The largest absolute Gasteiger partial charge is 0.299 e. The average molecular weight is 294 g/mol. The fraction of sp³-hybridized carbons (Fsp3) is 0.533. The van der Waals surface area contributed by atoms with Crippen molar-refractivity contribution < 1.29 is 17.8 Å². The van der Waals surface area contributed by atoms with Gasteiger partial charge >= 0.3 is 0 Å². The Morgan fingerprint density at radius 3 is 2.45 bits per heavy atom. The molecule has 3 aliphatic carbocycles. The lowest BCUT2D eigenvalue weighted by molar-refractivity contribution is -0.133. The van der Waals surface area contributed by atoms with Crippen molar-refractivity contribution in [2.24, 2.45) is 17.8 Å². The summed E-state index contributed by atoms with van der Waals surface area (Å²) >= 11 is 0. The lowest BCUT2D eigenvalue weighted by atomic mass is 9.57. The van der Waals surface area contributed by atoms with Gasteiger partial charge in [-0.1, -0.05) is 30.3 Å². The van der Waals surface area contributed by atoms with Crippen LogP contribution in [0.3, 0.4) is 0 Å². The van der Waals surface area contributed by atoms with E-state index in [1.165, 1.54) is 0 Å². The lowest BCUT2D eigenvalue weighted by Crippen LogP contribution is -2.46. The smallest absolute Gasteiger partial charge is 0.265 e. The van der Waals surface area contributed by atoms with Gasteiger partial charge in [-0.3, -0.25) is 9.35 Å². The summed E-state index contributed by atoms with van der Waals surface area (Å²) in [6.07, 6.45) is 2.27. The molecule has 3 fully saturated rings. The van der Waals surface area contributed by atoms with E-state index in [2.05, 4.69) is 0 Å². The quantitative estimate of drug-likeness (QED) is 0.868. The molecule has 1 aromatic carbocycles. The maximum atomic E-state index is 12.1. The molecule has 0 saturated heterocycles. The van der Waals surface area contributed by atoms with Gasteiger partial charge in [-0.15, -0.1) is 0 Å². The molecule has 3 aliphatic rings. The zero-order valence-corrected chi connectivity index (χ0v) is 11.9. The molecule has 0 radical (unpaired) electrons. The summed E-state index contributed by atoms with van der Waals surface area (Å²) in [5, 5.41) is 0. The summed E-state index contributed by atoms with van der Waals surface area (Å²) in [4.78, 5) is 12.1. The molecule has 4 atom stereocenters. The van der Waals surface area contributed by atoms with E-state index in [-0.39, 0.29) is 35.2 Å². The van der Waals surface area contributed by atoms with Crippen molar-refractivity contribution in [1.82, 2.24) is 0 Å². The van der Waals surface area contributed by atoms with Crippen molar-refractivity contribution in [2.45, 2.75) is 25.2 Å². The highest BCUT2D eigenvalue weighted by Gasteiger charge is 2.49. The summed E-state index contributed by atoms with van der Waals surface area (Å²) < 4.78 is 31.8. The van der Waals surface area contributed by atoms with Crippen LogP contribution in [0.25, 0.3) is 0 Å². The average Bonchev–Trinajstić information content (AvgIpc) is 2.38. The van der Waals surface area contributed by atoms with E-state index in [0.29, 0.717) is 6.42 Å². The Labute approximate surface area is 118 Å². The molecule has 0 aromatic heterocycles. The minimum absolute atomic E-state index is 0.0644. The van der Waals surface area contributed by atoms with Crippen molar-refractivity contribution in [2.75, 3.05) is 5.75 Å². The minimum Gasteiger partial charge on any atom is -0.299 e. The number of benzene rings is 1. The van der Waals surface area contributed by atoms with Gasteiger partial charge in [-0.2, -0.15) is 8.42 Å². The molecule has 3 saturated carbocycles. The van der Waals surface area contributed by atoms with E-state index in [1.54, 1.807) is 0 Å². The van der Waals surface area contributed by atoms with E-state index < -0.39 is 10.1 Å². The molecule has 4 unspecified atom stereocenters. The second-order valence-corrected chi connectivity index (χ2v) is 7.46. The highest BCUT2D eigenvalue weighted by molar-refractivity contribution is 7.85. The van der Waals surface area contributed by atoms with Gasteiger partial charge in [-0.25, -0.2) is 0 Å². The van der Waals surface area contributed by atoms with E-state index in [4.69, 9.17) is 0 Å². The van der Waals surface area contributed by atoms with Crippen LogP contribution in [0.4, 0.5) is 0 Å². The van der Waals surface area contributed by atoms with Crippen LogP contribution < -0.4 is 0 Å². The third kappa shape index (κ3) is 2.52. The van der Waals surface area contributed by atoms with Crippen LogP contribution in [-0.4, -0.2) is 24.5 Å². The summed E-state index contributed by atoms with van der Waals surface area (Å²) in [7, 11) is -4.06. The third-order valence-electron chi connectivity index (χ3n) is 4.80. The van der Waals surface area contributed by atoms with Crippen molar-refractivity contribution >= 4 is 15.9 Å². The molecule has 0 heterocycles. The van der Waals surface area contributed by atoms with Crippen molar-refractivity contribution in [3.63, 3.8) is 0 Å². The molecule has 0 amide bonds. The predicted octanol–water partition coefficient (Wildman–Crippen LogP) is 2.27. The second-order valence-electron chi connectivity index (χ2n) is 5.96. The molecule has 0 aliphatic heterocycles. The first-order chi connectivity index (χ1) is 9.46. The monoisotopic (exact) mass is 294 g/mol. The molecule has 20 heavy (non-hydrogen) atoms. The van der Waals surface area contributed by atoms with Gasteiger partial charge in [0.25, 0.3) is 10.1 Å². The van der Waals surface area contributed by atoms with Crippen LogP contribution in [0.15, 0.2) is 30.3 Å². The highest BCUT2D eigenvalue weighted by Crippen LogP contribution is 2.52. The maximum absolute atomic E-state index is 12.1. The van der Waals surface area contributed by atoms with Crippen LogP contribution in [-0.2, 0) is 14.9 Å². The number of Topliss-reactive ketones (excluding diaryl/α,β-unsaturated/α-hetero) is 1. The summed E-state index contributed by atoms with van der Waals surface area (Å²) in [6.45, 7) is 0. The normalized spacial score (nSPS) is 33.4. The first-order valence-electron chi connectivity index (χ1n) is 6.98. The molecule has 0 spiro atoms. The Bertz CT molecular complexity index is 608. The van der Waals surface area contributed by atoms with Gasteiger partial charge in [0.15, 0.2) is 0 Å². The number of rotatable bonds is 3. The standard InChI is InChI=1S/C15H18O4S/c16-14-8-11-6-7-12(14)13(9-20(17,18)19)15(11)10-4-2-1-3-5-10/h1-5,11-13,15H,6-9H2,(H,17,18,19). The Morgan fingerprint density at radius 2 is 1.85 bits per heavy atom. The van der Waals surface area contributed by atoms with Crippen LogP contribution >= 0.6 is 0 Å². The molecule has 1 N–H and O–H groups in total. The van der Waals surface area contributed by atoms with Crippen LogP contribution in [0.2, 0.25) is 0 Å². The molecule has 2 bridgehead atoms. The van der Waals surface area contributed by atoms with Crippen molar-refractivity contribution in [3.8, 4) is 0 Å². The molecular weight excluding hydrogens is 276 g/mol. The number of hydrogen-bond acceptors (Lipinski definition) is 3. The molecule has 108 valence electrons. The summed E-state index contributed by atoms with van der Waals surface area (Å²) in [5.74, 6) is -0.364. The molecule has 4 nitrogen and oxygen atoms in total. The van der Waals surface area contributed by atoms with E-state index in [0.717, 1.165) is 18.4 Å². The predicted molar refractivity (Wildman–Crippen MR) is 74.9 cm³/mol. The van der Waals surface area contributed by atoms with Gasteiger partial charge < -0.3 is 0 Å². The van der Waals surface area contributed by atoms with Crippen LogP contribution in [0.5, 0.6) is 0 Å². The summed E-state index contributed by atoms with van der Waals surface area (Å²) in [6, 6.07) is 9.78. The van der Waals surface area contributed by atoms with Gasteiger partial charge in [0, 0.05) is 12.3 Å².